The molecule has 0 aliphatic heterocycles. The molecule has 0 aliphatic rings. The van der Waals surface area contributed by atoms with E-state index in [0.29, 0.717) is 32.8 Å². The van der Waals surface area contributed by atoms with Crippen LogP contribution in [0.3, 0.4) is 0 Å². The lowest BCUT2D eigenvalue weighted by atomic mass is 10.0. The number of esters is 1. The van der Waals surface area contributed by atoms with E-state index >= 15 is 0 Å². The smallest absolute Gasteiger partial charge is 0.329 e. The van der Waals surface area contributed by atoms with Crippen LogP contribution in [-0.2, 0) is 33.4 Å². The molecule has 0 heterocycles. The summed E-state index contributed by atoms with van der Waals surface area (Å²) in [6, 6.07) is -2.02. The van der Waals surface area contributed by atoms with Crippen molar-refractivity contribution in [2.24, 2.45) is 11.7 Å². The Morgan fingerprint density at radius 3 is 2.14 bits per heavy atom. The van der Waals surface area contributed by atoms with E-state index in [1.807, 2.05) is 13.8 Å². The standard InChI is InChI=1S/C23H41N5O7/c1-16(2)14-19(27-20(30)8-10-33-12-13-34-11-9-24)21(31)28-18(7-6-17(29)15-26-25)22(32)35-23(3,4)5/h15-16,18-19H,6-14,24H2,1-5H3,(H,27,30)(H,28,31)/t18-,19-/m0/s1. The molecule has 35 heavy (non-hydrogen) atoms. The Balaban J connectivity index is 5.09. The Labute approximate surface area is 207 Å². The van der Waals surface area contributed by atoms with Gasteiger partial charge in [-0.3, -0.25) is 14.4 Å². The largest absolute Gasteiger partial charge is 0.458 e. The predicted octanol–water partition coefficient (Wildman–Crippen LogP) is 0.376. The first-order valence-electron chi connectivity index (χ1n) is 11.8. The van der Waals surface area contributed by atoms with E-state index in [1.54, 1.807) is 20.8 Å². The van der Waals surface area contributed by atoms with Crippen molar-refractivity contribution in [1.82, 2.24) is 10.6 Å². The number of nitrogens with two attached hydrogens (primary N) is 1. The fourth-order valence-corrected chi connectivity index (χ4v) is 2.85. The topological polar surface area (TPSA) is 182 Å². The highest BCUT2D eigenvalue weighted by Crippen LogP contribution is 2.12. The van der Waals surface area contributed by atoms with Crippen LogP contribution in [0.25, 0.3) is 5.53 Å². The number of amides is 2. The number of nitrogens with one attached hydrogen (secondary N) is 2. The van der Waals surface area contributed by atoms with Crippen molar-refractivity contribution in [3.05, 3.63) is 5.53 Å². The summed E-state index contributed by atoms with van der Waals surface area (Å²) in [5.41, 5.74) is 13.0. The predicted molar refractivity (Wildman–Crippen MR) is 128 cm³/mol. The molecule has 2 atom stereocenters. The number of hydrogen-bond donors (Lipinski definition) is 3. The van der Waals surface area contributed by atoms with E-state index in [4.69, 9.17) is 25.5 Å². The van der Waals surface area contributed by atoms with Gasteiger partial charge in [-0.05, 0) is 39.5 Å². The van der Waals surface area contributed by atoms with Crippen molar-refractivity contribution in [1.29, 1.82) is 0 Å². The summed E-state index contributed by atoms with van der Waals surface area (Å²) < 4.78 is 15.9. The maximum atomic E-state index is 13.0. The summed E-state index contributed by atoms with van der Waals surface area (Å²) in [6.45, 7) is 10.5. The van der Waals surface area contributed by atoms with Crippen LogP contribution < -0.4 is 16.4 Å². The summed E-state index contributed by atoms with van der Waals surface area (Å²) in [5, 5.41) is 5.28. The first kappa shape index (κ1) is 32.3. The lowest BCUT2D eigenvalue weighted by Gasteiger charge is -2.26. The molecule has 0 aromatic carbocycles. The number of ether oxygens (including phenoxy) is 3. The average Bonchev–Trinajstić information content (AvgIpc) is 2.74. The van der Waals surface area contributed by atoms with Crippen LogP contribution in [0.1, 0.15) is 60.3 Å². The summed E-state index contributed by atoms with van der Waals surface area (Å²) >= 11 is 0. The van der Waals surface area contributed by atoms with Crippen molar-refractivity contribution in [2.45, 2.75) is 78.0 Å². The van der Waals surface area contributed by atoms with E-state index < -0.39 is 35.3 Å². The zero-order valence-electron chi connectivity index (χ0n) is 21.5. The SMILES string of the molecule is CC(C)C[C@H](NC(=O)CCOCCOCCN)C(=O)N[C@@H](CCC(=O)C=[N+]=[N-])C(=O)OC(C)(C)C. The molecule has 12 nitrogen and oxygen atoms in total. The number of Topliss-reactive ketones (excluding diaryl/α,β-unsaturated/α-hetero) is 1. The van der Waals surface area contributed by atoms with Gasteiger partial charge in [0.25, 0.3) is 0 Å². The highest BCUT2D eigenvalue weighted by atomic mass is 16.6. The maximum Gasteiger partial charge on any atom is 0.329 e. The molecular formula is C23H41N5O7. The van der Waals surface area contributed by atoms with Gasteiger partial charge in [0.1, 0.15) is 17.7 Å². The summed E-state index contributed by atoms with van der Waals surface area (Å²) in [5.74, 6) is -2.10. The van der Waals surface area contributed by atoms with Crippen LogP contribution in [0.4, 0.5) is 0 Å². The van der Waals surface area contributed by atoms with Crippen LogP contribution >= 0.6 is 0 Å². The second-order valence-electron chi connectivity index (χ2n) is 9.36. The van der Waals surface area contributed by atoms with Crippen molar-refractivity contribution in [3.8, 4) is 0 Å². The summed E-state index contributed by atoms with van der Waals surface area (Å²) in [7, 11) is 0. The zero-order valence-corrected chi connectivity index (χ0v) is 21.5. The number of carbonyl (C=O) groups excluding carboxylic acids is 4. The third-order valence-corrected chi connectivity index (χ3v) is 4.36. The Morgan fingerprint density at radius 2 is 1.60 bits per heavy atom. The minimum Gasteiger partial charge on any atom is -0.458 e. The molecule has 0 saturated heterocycles. The monoisotopic (exact) mass is 499 g/mol. The van der Waals surface area contributed by atoms with E-state index in [0.717, 1.165) is 6.21 Å². The Kier molecular flexibility index (Phi) is 16.4. The van der Waals surface area contributed by atoms with Gasteiger partial charge in [-0.25, -0.2) is 4.79 Å². The lowest BCUT2D eigenvalue weighted by Crippen LogP contribution is -2.53. The maximum absolute atomic E-state index is 13.0. The highest BCUT2D eigenvalue weighted by molar-refractivity contribution is 6.25. The van der Waals surface area contributed by atoms with Gasteiger partial charge >= 0.3 is 12.2 Å². The fraction of sp³-hybridized carbons (Fsp3) is 0.783. The van der Waals surface area contributed by atoms with Gasteiger partial charge in [0, 0.05) is 19.4 Å². The summed E-state index contributed by atoms with van der Waals surface area (Å²) in [4.78, 5) is 52.4. The van der Waals surface area contributed by atoms with Gasteiger partial charge in [-0.15, -0.1) is 0 Å². The van der Waals surface area contributed by atoms with E-state index in [9.17, 15) is 19.2 Å². The van der Waals surface area contributed by atoms with Crippen molar-refractivity contribution in [2.75, 3.05) is 33.0 Å². The van der Waals surface area contributed by atoms with Crippen molar-refractivity contribution in [3.63, 3.8) is 0 Å². The van der Waals surface area contributed by atoms with Gasteiger partial charge in [0.2, 0.25) is 17.6 Å². The van der Waals surface area contributed by atoms with E-state index in [1.165, 1.54) is 0 Å². The van der Waals surface area contributed by atoms with Crippen LogP contribution in [-0.4, -0.2) is 85.2 Å². The van der Waals surface area contributed by atoms with Gasteiger partial charge in [-0.1, -0.05) is 13.8 Å². The number of hydrogen-bond acceptors (Lipinski definition) is 8. The minimum atomic E-state index is -1.12. The first-order valence-corrected chi connectivity index (χ1v) is 11.8. The second-order valence-corrected chi connectivity index (χ2v) is 9.36. The van der Waals surface area contributed by atoms with Gasteiger partial charge < -0.3 is 36.1 Å². The Hall–Kier alpha value is -2.66. The van der Waals surface area contributed by atoms with Gasteiger partial charge in [0.15, 0.2) is 0 Å². The molecule has 2 amide bonds. The molecule has 0 saturated carbocycles. The van der Waals surface area contributed by atoms with Crippen LogP contribution in [0.2, 0.25) is 0 Å². The Morgan fingerprint density at radius 1 is 0.971 bits per heavy atom. The normalized spacial score (nSPS) is 12.9. The van der Waals surface area contributed by atoms with Gasteiger partial charge in [0.05, 0.1) is 26.4 Å². The molecule has 12 heteroatoms. The molecule has 4 N–H and O–H groups in total. The molecular weight excluding hydrogens is 458 g/mol. The summed E-state index contributed by atoms with van der Waals surface area (Å²) in [6.07, 6.45) is 0.893. The van der Waals surface area contributed by atoms with Crippen LogP contribution in [0.15, 0.2) is 0 Å². The first-order chi connectivity index (χ1) is 16.4. The number of nitrogens with zero attached hydrogens (tertiary/aromatic N) is 2. The Bertz CT molecular complexity index is 730. The molecule has 0 spiro atoms. The highest BCUT2D eigenvalue weighted by Gasteiger charge is 2.30. The molecule has 0 unspecified atom stereocenters. The van der Waals surface area contributed by atoms with Crippen molar-refractivity contribution < 1.29 is 38.2 Å². The molecule has 0 fully saturated rings. The second kappa shape index (κ2) is 17.7. The third kappa shape index (κ3) is 17.4. The zero-order chi connectivity index (χ0) is 26.9. The molecule has 0 rings (SSSR count). The molecule has 0 aliphatic carbocycles. The third-order valence-electron chi connectivity index (χ3n) is 4.36. The number of carbonyl (C=O) groups is 4. The lowest BCUT2D eigenvalue weighted by molar-refractivity contribution is -0.159. The molecule has 0 bridgehead atoms. The number of rotatable bonds is 18. The van der Waals surface area contributed by atoms with Gasteiger partial charge in [-0.2, -0.15) is 4.79 Å². The molecule has 0 aromatic heterocycles. The average molecular weight is 500 g/mol. The van der Waals surface area contributed by atoms with E-state index in [-0.39, 0.29) is 37.7 Å². The van der Waals surface area contributed by atoms with Crippen LogP contribution in [0, 0.1) is 5.92 Å². The quantitative estimate of drug-likeness (QED) is 0.0794. The molecule has 0 aromatic rings. The van der Waals surface area contributed by atoms with E-state index in [2.05, 4.69) is 15.4 Å². The minimum absolute atomic E-state index is 0.0449. The van der Waals surface area contributed by atoms with Crippen molar-refractivity contribution >= 4 is 29.8 Å². The number of ketones is 1. The molecule has 0 radical (unpaired) electrons. The van der Waals surface area contributed by atoms with Crippen LogP contribution in [0.5, 0.6) is 0 Å². The fourth-order valence-electron chi connectivity index (χ4n) is 2.85. The molecule has 200 valence electrons.